The summed E-state index contributed by atoms with van der Waals surface area (Å²) in [6, 6.07) is 4.59. The van der Waals surface area contributed by atoms with Crippen LogP contribution in [0, 0.1) is 0 Å². The van der Waals surface area contributed by atoms with Crippen LogP contribution in [0.1, 0.15) is 31.1 Å². The molecule has 0 heterocycles. The van der Waals surface area contributed by atoms with E-state index in [4.69, 9.17) is 16.3 Å². The maximum absolute atomic E-state index is 11.9. The lowest BCUT2D eigenvalue weighted by Gasteiger charge is -2.19. The maximum atomic E-state index is 11.9. The summed E-state index contributed by atoms with van der Waals surface area (Å²) >= 11 is 5.91. The quantitative estimate of drug-likeness (QED) is 0.785. The summed E-state index contributed by atoms with van der Waals surface area (Å²) in [6.07, 6.45) is 0.680. The summed E-state index contributed by atoms with van der Waals surface area (Å²) in [7, 11) is -3.22. The molecule has 0 aromatic heterocycles. The van der Waals surface area contributed by atoms with Gasteiger partial charge in [-0.3, -0.25) is 4.79 Å². The summed E-state index contributed by atoms with van der Waals surface area (Å²) < 4.78 is 28.3. The molecule has 0 aliphatic heterocycles. The predicted octanol–water partition coefficient (Wildman–Crippen LogP) is 2.74. The monoisotopic (exact) mass is 304 g/mol. The van der Waals surface area contributed by atoms with Gasteiger partial charge < -0.3 is 4.74 Å². The van der Waals surface area contributed by atoms with Gasteiger partial charge >= 0.3 is 0 Å². The van der Waals surface area contributed by atoms with Crippen molar-refractivity contribution in [1.82, 2.24) is 0 Å². The molecule has 0 saturated heterocycles. The van der Waals surface area contributed by atoms with E-state index in [0.29, 0.717) is 17.6 Å². The van der Waals surface area contributed by atoms with E-state index in [0.717, 1.165) is 0 Å². The molecule has 0 amide bonds. The van der Waals surface area contributed by atoms with E-state index in [9.17, 15) is 13.2 Å². The topological polar surface area (TPSA) is 60.4 Å². The lowest BCUT2D eigenvalue weighted by atomic mass is 10.2. The van der Waals surface area contributed by atoms with Crippen molar-refractivity contribution >= 4 is 27.7 Å². The minimum Gasteiger partial charge on any atom is -0.491 e. The van der Waals surface area contributed by atoms with Crippen LogP contribution in [-0.4, -0.2) is 31.8 Å². The number of rotatable bonds is 5. The Bertz CT molecular complexity index is 558. The fourth-order valence-electron chi connectivity index (χ4n) is 1.27. The Hall–Kier alpha value is -1.07. The van der Waals surface area contributed by atoms with Crippen molar-refractivity contribution in [2.45, 2.75) is 25.5 Å². The van der Waals surface area contributed by atoms with Crippen LogP contribution in [0.3, 0.4) is 0 Å². The van der Waals surface area contributed by atoms with Crippen molar-refractivity contribution in [3.05, 3.63) is 28.8 Å². The number of carbonyl (C=O) groups is 1. The zero-order valence-electron chi connectivity index (χ0n) is 11.1. The Labute approximate surface area is 118 Å². The summed E-state index contributed by atoms with van der Waals surface area (Å²) in [6.45, 7) is 4.97. The first-order valence-corrected chi connectivity index (χ1v) is 7.80. The maximum Gasteiger partial charge on any atom is 0.158 e. The van der Waals surface area contributed by atoms with E-state index in [1.165, 1.54) is 6.07 Å². The van der Waals surface area contributed by atoms with Crippen molar-refractivity contribution in [1.29, 1.82) is 0 Å². The van der Waals surface area contributed by atoms with Crippen LogP contribution in [0.25, 0.3) is 0 Å². The first-order valence-electron chi connectivity index (χ1n) is 5.77. The van der Waals surface area contributed by atoms with Gasteiger partial charge in [0.15, 0.2) is 9.84 Å². The molecule has 0 spiro atoms. The molecule has 0 radical (unpaired) electrons. The van der Waals surface area contributed by atoms with Gasteiger partial charge in [-0.25, -0.2) is 8.42 Å². The predicted molar refractivity (Wildman–Crippen MR) is 75.9 cm³/mol. The van der Waals surface area contributed by atoms with E-state index < -0.39 is 14.6 Å². The normalized spacial score (nSPS) is 12.2. The average molecular weight is 305 g/mol. The fourth-order valence-corrected chi connectivity index (χ4v) is 2.43. The summed E-state index contributed by atoms with van der Waals surface area (Å²) in [5, 5.41) is 0.290. The zero-order chi connectivity index (χ0) is 14.7. The number of benzene rings is 1. The average Bonchev–Trinajstić information content (AvgIpc) is 2.29. The van der Waals surface area contributed by atoms with Gasteiger partial charge in [-0.2, -0.15) is 0 Å². The van der Waals surface area contributed by atoms with Gasteiger partial charge in [0.05, 0.1) is 15.5 Å². The highest BCUT2D eigenvalue weighted by atomic mass is 35.5. The molecule has 19 heavy (non-hydrogen) atoms. The highest BCUT2D eigenvalue weighted by molar-refractivity contribution is 7.92. The third kappa shape index (κ3) is 4.21. The summed E-state index contributed by atoms with van der Waals surface area (Å²) in [5.74, 6) is 0.291. The number of halogens is 1. The molecular formula is C13H17ClO4S. The van der Waals surface area contributed by atoms with Crippen molar-refractivity contribution in [3.8, 4) is 5.75 Å². The lowest BCUT2D eigenvalue weighted by molar-refractivity contribution is 0.112. The van der Waals surface area contributed by atoms with E-state index in [1.807, 2.05) is 0 Å². The highest BCUT2D eigenvalue weighted by Gasteiger charge is 2.28. The number of carbonyl (C=O) groups excluding carboxylic acids is 1. The Balaban J connectivity index is 2.67. The molecule has 1 aromatic carbocycles. The molecule has 0 unspecified atom stereocenters. The second-order valence-corrected chi connectivity index (χ2v) is 8.36. The fraction of sp³-hybridized carbons (Fsp3) is 0.462. The van der Waals surface area contributed by atoms with Crippen molar-refractivity contribution in [2.75, 3.05) is 12.4 Å². The second kappa shape index (κ2) is 5.92. The molecule has 0 saturated carbocycles. The molecule has 0 bridgehead atoms. The van der Waals surface area contributed by atoms with Gasteiger partial charge in [0.25, 0.3) is 0 Å². The number of aldehydes is 1. The first-order chi connectivity index (χ1) is 8.67. The summed E-state index contributed by atoms with van der Waals surface area (Å²) in [4.78, 5) is 10.5. The molecule has 1 rings (SSSR count). The van der Waals surface area contributed by atoms with Gasteiger partial charge in [0.2, 0.25) is 0 Å². The molecule has 0 aliphatic rings. The SMILES string of the molecule is CC(C)(C)S(=O)(=O)CCOc1ccc(C=O)cc1Cl. The van der Waals surface area contributed by atoms with Crippen LogP contribution in [0.5, 0.6) is 5.75 Å². The molecule has 0 N–H and O–H groups in total. The Morgan fingerprint density at radius 2 is 1.95 bits per heavy atom. The van der Waals surface area contributed by atoms with Crippen LogP contribution in [0.4, 0.5) is 0 Å². The second-order valence-electron chi connectivity index (χ2n) is 5.09. The lowest BCUT2D eigenvalue weighted by Crippen LogP contribution is -2.32. The van der Waals surface area contributed by atoms with Crippen molar-refractivity contribution in [3.63, 3.8) is 0 Å². The Kier molecular flexibility index (Phi) is 4.98. The van der Waals surface area contributed by atoms with E-state index in [1.54, 1.807) is 32.9 Å². The van der Waals surface area contributed by atoms with E-state index in [-0.39, 0.29) is 17.4 Å². The van der Waals surface area contributed by atoms with Crippen LogP contribution in [0.2, 0.25) is 5.02 Å². The van der Waals surface area contributed by atoms with E-state index >= 15 is 0 Å². The van der Waals surface area contributed by atoms with Gasteiger partial charge in [0.1, 0.15) is 18.6 Å². The third-order valence-electron chi connectivity index (χ3n) is 2.63. The smallest absolute Gasteiger partial charge is 0.158 e. The number of hydrogen-bond donors (Lipinski definition) is 0. The Morgan fingerprint density at radius 3 is 2.42 bits per heavy atom. The largest absolute Gasteiger partial charge is 0.491 e. The molecular weight excluding hydrogens is 288 g/mol. The van der Waals surface area contributed by atoms with Gasteiger partial charge in [-0.1, -0.05) is 11.6 Å². The van der Waals surface area contributed by atoms with E-state index in [2.05, 4.69) is 0 Å². The van der Waals surface area contributed by atoms with Crippen LogP contribution >= 0.6 is 11.6 Å². The highest BCUT2D eigenvalue weighted by Crippen LogP contribution is 2.25. The van der Waals surface area contributed by atoms with Crippen LogP contribution < -0.4 is 4.74 Å². The van der Waals surface area contributed by atoms with Gasteiger partial charge in [-0.15, -0.1) is 0 Å². The molecule has 4 nitrogen and oxygen atoms in total. The minimum atomic E-state index is -3.22. The molecule has 1 aromatic rings. The third-order valence-corrected chi connectivity index (χ3v) is 5.50. The van der Waals surface area contributed by atoms with Gasteiger partial charge in [0, 0.05) is 5.56 Å². The molecule has 0 atom stereocenters. The molecule has 0 fully saturated rings. The Morgan fingerprint density at radius 1 is 1.32 bits per heavy atom. The van der Waals surface area contributed by atoms with Crippen LogP contribution in [-0.2, 0) is 9.84 Å². The first kappa shape index (κ1) is 16.0. The van der Waals surface area contributed by atoms with Crippen LogP contribution in [0.15, 0.2) is 18.2 Å². The number of hydrogen-bond acceptors (Lipinski definition) is 4. The molecule has 6 heteroatoms. The van der Waals surface area contributed by atoms with Gasteiger partial charge in [-0.05, 0) is 39.0 Å². The van der Waals surface area contributed by atoms with Crippen molar-refractivity contribution in [2.24, 2.45) is 0 Å². The zero-order valence-corrected chi connectivity index (χ0v) is 12.7. The molecule has 106 valence electrons. The van der Waals surface area contributed by atoms with Crippen molar-refractivity contribution < 1.29 is 17.9 Å². The molecule has 0 aliphatic carbocycles. The number of ether oxygens (including phenoxy) is 1. The standard InChI is InChI=1S/C13H17ClO4S/c1-13(2,3)19(16,17)7-6-18-12-5-4-10(9-15)8-11(12)14/h4-5,8-9H,6-7H2,1-3H3. The summed E-state index contributed by atoms with van der Waals surface area (Å²) in [5.41, 5.74) is 0.444. The number of sulfone groups is 1. The minimum absolute atomic E-state index is 0.0275.